The molecule has 0 aromatic carbocycles. The molecule has 0 saturated heterocycles. The molecule has 6 nitrogen and oxygen atoms in total. The summed E-state index contributed by atoms with van der Waals surface area (Å²) in [5.74, 6) is -0.258. The van der Waals surface area contributed by atoms with Gasteiger partial charge in [0.2, 0.25) is 0 Å². The van der Waals surface area contributed by atoms with Gasteiger partial charge in [-0.15, -0.1) is 0 Å². The van der Waals surface area contributed by atoms with Gasteiger partial charge in [0.1, 0.15) is 5.69 Å². The molecule has 4 N–H and O–H groups in total. The highest BCUT2D eigenvalue weighted by Crippen LogP contribution is 2.17. The van der Waals surface area contributed by atoms with Gasteiger partial charge in [0.05, 0.1) is 0 Å². The van der Waals surface area contributed by atoms with Crippen LogP contribution in [0.4, 0.5) is 0 Å². The van der Waals surface area contributed by atoms with Crippen molar-refractivity contribution in [1.82, 2.24) is 20.6 Å². The number of carbonyl (C=O) groups is 1. The van der Waals surface area contributed by atoms with Gasteiger partial charge in [-0.2, -0.15) is 0 Å². The topological polar surface area (TPSA) is 89.8 Å². The van der Waals surface area contributed by atoms with Crippen LogP contribution in [-0.2, 0) is 0 Å². The molecule has 1 aliphatic carbocycles. The molecule has 1 saturated carbocycles. The number of imidazole rings is 1. The molecule has 2 rings (SSSR count). The van der Waals surface area contributed by atoms with E-state index in [2.05, 4.69) is 20.6 Å². The Hall–Kier alpha value is -1.56. The molecule has 6 heteroatoms. The molecule has 1 aromatic rings. The molecule has 1 fully saturated rings. The minimum atomic E-state index is -0.365. The molecule has 0 aliphatic heterocycles. The summed E-state index contributed by atoms with van der Waals surface area (Å²) in [6.07, 6.45) is 3.84. The van der Waals surface area contributed by atoms with Crippen LogP contribution in [0.3, 0.4) is 0 Å². The summed E-state index contributed by atoms with van der Waals surface area (Å²) < 4.78 is 0. The molecule has 0 bridgehead atoms. The van der Waals surface area contributed by atoms with E-state index in [9.17, 15) is 9.59 Å². The number of nitrogens with one attached hydrogen (secondary N) is 4. The quantitative estimate of drug-likeness (QED) is 0.479. The second-order valence-corrected chi connectivity index (χ2v) is 3.64. The van der Waals surface area contributed by atoms with Crippen molar-refractivity contribution < 1.29 is 4.79 Å². The second-order valence-electron chi connectivity index (χ2n) is 3.64. The molecule has 82 valence electrons. The zero-order chi connectivity index (χ0) is 10.7. The zero-order valence-electron chi connectivity index (χ0n) is 8.30. The Kier molecular flexibility index (Phi) is 2.86. The van der Waals surface area contributed by atoms with E-state index >= 15 is 0 Å². The monoisotopic (exact) mass is 210 g/mol. The Morgan fingerprint density at radius 3 is 2.87 bits per heavy atom. The molecular weight excluding hydrogens is 196 g/mol. The lowest BCUT2D eigenvalue weighted by molar-refractivity contribution is 0.0949. The first-order valence-corrected chi connectivity index (χ1v) is 5.05. The summed E-state index contributed by atoms with van der Waals surface area (Å²) in [5.41, 5.74) is -0.0947. The maximum atomic E-state index is 11.4. The Bertz CT molecular complexity index is 391. The van der Waals surface area contributed by atoms with Gasteiger partial charge in [-0.25, -0.2) is 4.79 Å². The van der Waals surface area contributed by atoms with Crippen molar-refractivity contribution in [3.63, 3.8) is 0 Å². The van der Waals surface area contributed by atoms with Gasteiger partial charge < -0.3 is 20.6 Å². The SMILES string of the molecule is O=C(NCCNC1CC1)c1c[nH]c(=O)[nH]1. The van der Waals surface area contributed by atoms with Gasteiger partial charge in [0.25, 0.3) is 5.91 Å². The lowest BCUT2D eigenvalue weighted by Gasteiger charge is -2.03. The molecule has 1 heterocycles. The predicted octanol–water partition coefficient (Wildman–Crippen LogP) is -0.815. The molecule has 1 aliphatic rings. The van der Waals surface area contributed by atoms with Crippen LogP contribution in [0.1, 0.15) is 23.3 Å². The minimum Gasteiger partial charge on any atom is -0.349 e. The van der Waals surface area contributed by atoms with E-state index in [4.69, 9.17) is 0 Å². The highest BCUT2D eigenvalue weighted by molar-refractivity contribution is 5.91. The molecule has 1 aromatic heterocycles. The summed E-state index contributed by atoms with van der Waals surface area (Å²) in [6, 6.07) is 0.647. The predicted molar refractivity (Wildman–Crippen MR) is 54.8 cm³/mol. The summed E-state index contributed by atoms with van der Waals surface area (Å²) in [6.45, 7) is 1.34. The summed E-state index contributed by atoms with van der Waals surface area (Å²) in [7, 11) is 0. The number of rotatable bonds is 5. The molecular formula is C9H14N4O2. The van der Waals surface area contributed by atoms with Crippen molar-refractivity contribution in [3.05, 3.63) is 22.4 Å². The molecule has 1 amide bonds. The van der Waals surface area contributed by atoms with Crippen molar-refractivity contribution in [3.8, 4) is 0 Å². The first-order valence-electron chi connectivity index (χ1n) is 5.05. The van der Waals surface area contributed by atoms with Gasteiger partial charge in [-0.3, -0.25) is 4.79 Å². The van der Waals surface area contributed by atoms with E-state index < -0.39 is 0 Å². The van der Waals surface area contributed by atoms with Gasteiger partial charge in [-0.1, -0.05) is 0 Å². The largest absolute Gasteiger partial charge is 0.349 e. The van der Waals surface area contributed by atoms with E-state index in [1.807, 2.05) is 0 Å². The van der Waals surface area contributed by atoms with Crippen LogP contribution < -0.4 is 16.3 Å². The number of hydrogen-bond donors (Lipinski definition) is 4. The summed E-state index contributed by atoms with van der Waals surface area (Å²) in [4.78, 5) is 26.9. The van der Waals surface area contributed by atoms with Gasteiger partial charge in [0.15, 0.2) is 0 Å². The minimum absolute atomic E-state index is 0.258. The van der Waals surface area contributed by atoms with Crippen LogP contribution in [0, 0.1) is 0 Å². The molecule has 15 heavy (non-hydrogen) atoms. The third-order valence-corrected chi connectivity index (χ3v) is 2.26. The maximum absolute atomic E-state index is 11.4. The Morgan fingerprint density at radius 2 is 2.27 bits per heavy atom. The number of aromatic amines is 2. The Morgan fingerprint density at radius 1 is 1.47 bits per heavy atom. The second kappa shape index (κ2) is 4.31. The van der Waals surface area contributed by atoms with Crippen molar-refractivity contribution in [2.45, 2.75) is 18.9 Å². The standard InChI is InChI=1S/C9H14N4O2/c14-8(7-5-12-9(15)13-7)11-4-3-10-6-1-2-6/h5-6,10H,1-4H2,(H,11,14)(H2,12,13,15). The maximum Gasteiger partial charge on any atom is 0.323 e. The average molecular weight is 210 g/mol. The van der Waals surface area contributed by atoms with Crippen LogP contribution in [0.5, 0.6) is 0 Å². The third kappa shape index (κ3) is 2.95. The van der Waals surface area contributed by atoms with Crippen LogP contribution in [0.2, 0.25) is 0 Å². The van der Waals surface area contributed by atoms with Gasteiger partial charge in [0, 0.05) is 25.3 Å². The fourth-order valence-electron chi connectivity index (χ4n) is 1.29. The number of H-pyrrole nitrogens is 2. The lowest BCUT2D eigenvalue weighted by atomic mass is 10.4. The molecule has 0 atom stereocenters. The smallest absolute Gasteiger partial charge is 0.323 e. The van der Waals surface area contributed by atoms with Crippen LogP contribution >= 0.6 is 0 Å². The fourth-order valence-corrected chi connectivity index (χ4v) is 1.29. The van der Waals surface area contributed by atoms with Crippen molar-refractivity contribution in [1.29, 1.82) is 0 Å². The summed E-state index contributed by atoms with van der Waals surface area (Å²) in [5, 5.41) is 5.98. The number of amides is 1. The first-order chi connectivity index (χ1) is 7.25. The number of carbonyl (C=O) groups excluding carboxylic acids is 1. The normalized spacial score (nSPS) is 15.2. The van der Waals surface area contributed by atoms with Crippen molar-refractivity contribution >= 4 is 5.91 Å². The van der Waals surface area contributed by atoms with Crippen LogP contribution in [-0.4, -0.2) is 35.0 Å². The zero-order valence-corrected chi connectivity index (χ0v) is 8.30. The Balaban J connectivity index is 1.69. The van der Waals surface area contributed by atoms with Crippen LogP contribution in [0.25, 0.3) is 0 Å². The highest BCUT2D eigenvalue weighted by atomic mass is 16.2. The van der Waals surface area contributed by atoms with Gasteiger partial charge >= 0.3 is 5.69 Å². The Labute approximate surface area is 86.5 Å². The van der Waals surface area contributed by atoms with Crippen molar-refractivity contribution in [2.24, 2.45) is 0 Å². The first kappa shape index (κ1) is 9.97. The van der Waals surface area contributed by atoms with E-state index in [1.165, 1.54) is 19.0 Å². The van der Waals surface area contributed by atoms with Crippen LogP contribution in [0.15, 0.2) is 11.0 Å². The van der Waals surface area contributed by atoms with E-state index in [0.29, 0.717) is 12.6 Å². The molecule has 0 radical (unpaired) electrons. The molecule has 0 spiro atoms. The van der Waals surface area contributed by atoms with E-state index in [-0.39, 0.29) is 17.3 Å². The third-order valence-electron chi connectivity index (χ3n) is 2.26. The molecule has 0 unspecified atom stereocenters. The fraction of sp³-hybridized carbons (Fsp3) is 0.556. The van der Waals surface area contributed by atoms with E-state index in [0.717, 1.165) is 6.54 Å². The van der Waals surface area contributed by atoms with Gasteiger partial charge in [-0.05, 0) is 12.8 Å². The number of aromatic nitrogens is 2. The van der Waals surface area contributed by atoms with E-state index in [1.54, 1.807) is 0 Å². The average Bonchev–Trinajstić information content (AvgIpc) is 2.94. The summed E-state index contributed by atoms with van der Waals surface area (Å²) >= 11 is 0. The highest BCUT2D eigenvalue weighted by Gasteiger charge is 2.19. The van der Waals surface area contributed by atoms with Crippen molar-refractivity contribution in [2.75, 3.05) is 13.1 Å². The lowest BCUT2D eigenvalue weighted by Crippen LogP contribution is -2.33. The number of hydrogen-bond acceptors (Lipinski definition) is 3.